The van der Waals surface area contributed by atoms with Crippen molar-refractivity contribution < 1.29 is 14.3 Å². The van der Waals surface area contributed by atoms with Crippen LogP contribution in [0.3, 0.4) is 0 Å². The van der Waals surface area contributed by atoms with Crippen LogP contribution in [0.2, 0.25) is 0 Å². The Labute approximate surface area is 160 Å². The first-order valence-electron chi connectivity index (χ1n) is 9.74. The van der Waals surface area contributed by atoms with Crippen LogP contribution in [0.4, 0.5) is 0 Å². The Kier molecular flexibility index (Phi) is 5.50. The van der Waals surface area contributed by atoms with E-state index >= 15 is 0 Å². The van der Waals surface area contributed by atoms with Crippen LogP contribution >= 0.6 is 0 Å². The van der Waals surface area contributed by atoms with Crippen LogP contribution in [0, 0.1) is 0 Å². The number of carbonyl (C=O) groups excluding carboxylic acids is 1. The van der Waals surface area contributed by atoms with Gasteiger partial charge in [-0.1, -0.05) is 36.4 Å². The monoisotopic (exact) mass is 366 g/mol. The Morgan fingerprint density at radius 2 is 1.93 bits per heavy atom. The molecule has 5 heteroatoms. The zero-order valence-corrected chi connectivity index (χ0v) is 15.5. The van der Waals surface area contributed by atoms with Crippen LogP contribution in [-0.2, 0) is 16.1 Å². The van der Waals surface area contributed by atoms with Crippen molar-refractivity contribution in [1.29, 1.82) is 0 Å². The quantitative estimate of drug-likeness (QED) is 0.832. The van der Waals surface area contributed by atoms with Crippen LogP contribution in [0.5, 0.6) is 0 Å². The number of hydrogen-bond acceptors (Lipinski definition) is 4. The normalized spacial score (nSPS) is 21.9. The summed E-state index contributed by atoms with van der Waals surface area (Å²) in [6.45, 7) is 2.79. The SMILES string of the molecule is O=C(c1ccccn1)N1CCC2(CC1)CC(OCc1ccccc1)CCO2. The van der Waals surface area contributed by atoms with E-state index in [2.05, 4.69) is 17.1 Å². The number of benzene rings is 1. The molecule has 3 heterocycles. The van der Waals surface area contributed by atoms with Crippen molar-refractivity contribution in [3.05, 3.63) is 66.0 Å². The molecule has 2 aliphatic heterocycles. The molecule has 4 rings (SSSR count). The van der Waals surface area contributed by atoms with Gasteiger partial charge >= 0.3 is 0 Å². The highest BCUT2D eigenvalue weighted by Crippen LogP contribution is 2.36. The van der Waals surface area contributed by atoms with E-state index in [0.29, 0.717) is 25.4 Å². The first-order chi connectivity index (χ1) is 13.2. The fraction of sp³-hybridized carbons (Fsp3) is 0.455. The molecule has 0 bridgehead atoms. The summed E-state index contributed by atoms with van der Waals surface area (Å²) in [7, 11) is 0. The van der Waals surface area contributed by atoms with E-state index in [4.69, 9.17) is 9.47 Å². The topological polar surface area (TPSA) is 51.7 Å². The summed E-state index contributed by atoms with van der Waals surface area (Å²) in [6, 6.07) is 15.7. The molecule has 2 saturated heterocycles. The molecule has 2 aliphatic rings. The predicted molar refractivity (Wildman–Crippen MR) is 102 cm³/mol. The van der Waals surface area contributed by atoms with Crippen LogP contribution in [0.25, 0.3) is 0 Å². The standard InChI is InChI=1S/C22H26N2O3/c25-21(20-8-4-5-12-23-20)24-13-10-22(11-14-24)16-19(9-15-27-22)26-17-18-6-2-1-3-7-18/h1-8,12,19H,9-11,13-17H2. The van der Waals surface area contributed by atoms with Gasteiger partial charge in [-0.05, 0) is 37.0 Å². The van der Waals surface area contributed by atoms with E-state index in [1.807, 2.05) is 35.2 Å². The summed E-state index contributed by atoms with van der Waals surface area (Å²) in [5, 5.41) is 0. The molecule has 0 N–H and O–H groups in total. The lowest BCUT2D eigenvalue weighted by Gasteiger charge is -2.46. The third-order valence-corrected chi connectivity index (χ3v) is 5.62. The maximum Gasteiger partial charge on any atom is 0.272 e. The molecule has 5 nitrogen and oxygen atoms in total. The lowest BCUT2D eigenvalue weighted by atomic mass is 9.83. The summed E-state index contributed by atoms with van der Waals surface area (Å²) in [4.78, 5) is 18.7. The molecule has 1 aromatic carbocycles. The zero-order chi connectivity index (χ0) is 18.5. The molecule has 1 unspecified atom stereocenters. The third kappa shape index (κ3) is 4.37. The second-order valence-corrected chi connectivity index (χ2v) is 7.45. The number of piperidine rings is 1. The number of likely N-dealkylation sites (tertiary alicyclic amines) is 1. The fourth-order valence-corrected chi connectivity index (χ4v) is 4.03. The van der Waals surface area contributed by atoms with Gasteiger partial charge in [0.1, 0.15) is 5.69 Å². The van der Waals surface area contributed by atoms with Crippen LogP contribution in [-0.4, -0.2) is 47.2 Å². The third-order valence-electron chi connectivity index (χ3n) is 5.62. The summed E-state index contributed by atoms with van der Waals surface area (Å²) in [5.74, 6) is 0.0122. The van der Waals surface area contributed by atoms with Crippen molar-refractivity contribution in [2.24, 2.45) is 0 Å². The molecule has 1 aromatic heterocycles. The molecule has 1 atom stereocenters. The Morgan fingerprint density at radius 3 is 2.67 bits per heavy atom. The highest BCUT2D eigenvalue weighted by molar-refractivity contribution is 5.92. The van der Waals surface area contributed by atoms with Crippen molar-refractivity contribution >= 4 is 5.91 Å². The van der Waals surface area contributed by atoms with Gasteiger partial charge in [0.2, 0.25) is 0 Å². The van der Waals surface area contributed by atoms with Gasteiger partial charge in [0.25, 0.3) is 5.91 Å². The van der Waals surface area contributed by atoms with Crippen LogP contribution < -0.4 is 0 Å². The van der Waals surface area contributed by atoms with Gasteiger partial charge < -0.3 is 14.4 Å². The first kappa shape index (κ1) is 18.1. The maximum absolute atomic E-state index is 12.6. The number of ether oxygens (including phenoxy) is 2. The lowest BCUT2D eigenvalue weighted by Crippen LogP contribution is -2.52. The maximum atomic E-state index is 12.6. The van der Waals surface area contributed by atoms with E-state index in [9.17, 15) is 4.79 Å². The average molecular weight is 366 g/mol. The van der Waals surface area contributed by atoms with E-state index < -0.39 is 0 Å². The molecule has 1 spiro atoms. The number of carbonyl (C=O) groups is 1. The number of aromatic nitrogens is 1. The van der Waals surface area contributed by atoms with Crippen molar-refractivity contribution in [1.82, 2.24) is 9.88 Å². The molecule has 2 aromatic rings. The minimum Gasteiger partial charge on any atom is -0.375 e. The Bertz CT molecular complexity index is 743. The number of amides is 1. The van der Waals surface area contributed by atoms with Crippen LogP contribution in [0.15, 0.2) is 54.7 Å². The number of rotatable bonds is 4. The molecule has 0 radical (unpaired) electrons. The van der Waals surface area contributed by atoms with E-state index in [1.165, 1.54) is 5.56 Å². The van der Waals surface area contributed by atoms with Crippen molar-refractivity contribution in [3.8, 4) is 0 Å². The van der Waals surface area contributed by atoms with Gasteiger partial charge in [-0.3, -0.25) is 9.78 Å². The van der Waals surface area contributed by atoms with Crippen molar-refractivity contribution in [3.63, 3.8) is 0 Å². The number of pyridine rings is 1. The largest absolute Gasteiger partial charge is 0.375 e. The van der Waals surface area contributed by atoms with E-state index in [0.717, 1.165) is 32.3 Å². The minimum absolute atomic E-state index is 0.0122. The Hall–Kier alpha value is -2.24. The molecular weight excluding hydrogens is 340 g/mol. The summed E-state index contributed by atoms with van der Waals surface area (Å²) in [6.07, 6.45) is 5.44. The van der Waals surface area contributed by atoms with Crippen LogP contribution in [0.1, 0.15) is 41.7 Å². The molecule has 0 saturated carbocycles. The van der Waals surface area contributed by atoms with Gasteiger partial charge in [-0.15, -0.1) is 0 Å². The molecule has 27 heavy (non-hydrogen) atoms. The van der Waals surface area contributed by atoms with Gasteiger partial charge in [0.15, 0.2) is 0 Å². The summed E-state index contributed by atoms with van der Waals surface area (Å²) >= 11 is 0. The number of hydrogen-bond donors (Lipinski definition) is 0. The molecule has 1 amide bonds. The summed E-state index contributed by atoms with van der Waals surface area (Å²) in [5.41, 5.74) is 1.57. The van der Waals surface area contributed by atoms with Crippen molar-refractivity contribution in [2.45, 2.75) is 44.0 Å². The smallest absolute Gasteiger partial charge is 0.272 e. The highest BCUT2D eigenvalue weighted by Gasteiger charge is 2.41. The molecule has 142 valence electrons. The first-order valence-corrected chi connectivity index (χ1v) is 9.74. The fourth-order valence-electron chi connectivity index (χ4n) is 4.03. The van der Waals surface area contributed by atoms with Gasteiger partial charge in [0.05, 0.1) is 18.3 Å². The van der Waals surface area contributed by atoms with Crippen molar-refractivity contribution in [2.75, 3.05) is 19.7 Å². The lowest BCUT2D eigenvalue weighted by molar-refractivity contribution is -0.154. The summed E-state index contributed by atoms with van der Waals surface area (Å²) < 4.78 is 12.4. The Balaban J connectivity index is 1.31. The number of nitrogens with zero attached hydrogens (tertiary/aromatic N) is 2. The van der Waals surface area contributed by atoms with Gasteiger partial charge in [-0.25, -0.2) is 0 Å². The zero-order valence-electron chi connectivity index (χ0n) is 15.5. The molecular formula is C22H26N2O3. The van der Waals surface area contributed by atoms with E-state index in [1.54, 1.807) is 12.3 Å². The second kappa shape index (κ2) is 8.19. The Morgan fingerprint density at radius 1 is 1.15 bits per heavy atom. The van der Waals surface area contributed by atoms with E-state index in [-0.39, 0.29) is 17.6 Å². The predicted octanol–water partition coefficient (Wildman–Crippen LogP) is 3.45. The average Bonchev–Trinajstić information content (AvgIpc) is 2.74. The van der Waals surface area contributed by atoms with Gasteiger partial charge in [-0.2, -0.15) is 0 Å². The minimum atomic E-state index is -0.152. The highest BCUT2D eigenvalue weighted by atomic mass is 16.5. The second-order valence-electron chi connectivity index (χ2n) is 7.45. The molecule has 2 fully saturated rings. The van der Waals surface area contributed by atoms with Gasteiger partial charge in [0, 0.05) is 32.3 Å². The molecule has 0 aliphatic carbocycles.